The van der Waals surface area contributed by atoms with E-state index in [-0.39, 0.29) is 42.6 Å². The number of hydrogen-bond acceptors (Lipinski definition) is 4. The summed E-state index contributed by atoms with van der Waals surface area (Å²) in [7, 11) is 1.37. The van der Waals surface area contributed by atoms with Gasteiger partial charge in [0.1, 0.15) is 0 Å². The average molecular weight is 344 g/mol. The van der Waals surface area contributed by atoms with Gasteiger partial charge in [-0.15, -0.1) is 0 Å². The van der Waals surface area contributed by atoms with E-state index in [0.717, 1.165) is 24.9 Å². The molecule has 0 unspecified atom stereocenters. The monoisotopic (exact) mass is 344 g/mol. The minimum Gasteiger partial charge on any atom is -0.469 e. The first-order valence-corrected chi connectivity index (χ1v) is 8.83. The molecule has 1 aromatic carbocycles. The Labute approximate surface area is 147 Å². The van der Waals surface area contributed by atoms with Gasteiger partial charge in [-0.2, -0.15) is 0 Å². The van der Waals surface area contributed by atoms with E-state index in [4.69, 9.17) is 4.74 Å². The molecule has 2 aliphatic rings. The average Bonchev–Trinajstić information content (AvgIpc) is 3.04. The Kier molecular flexibility index (Phi) is 5.36. The number of para-hydroxylation sites is 1. The van der Waals surface area contributed by atoms with Gasteiger partial charge in [0.2, 0.25) is 11.8 Å². The molecule has 0 N–H and O–H groups in total. The second kappa shape index (κ2) is 7.68. The molecular weight excluding hydrogens is 320 g/mol. The zero-order valence-electron chi connectivity index (χ0n) is 14.5. The number of nitrogens with zero attached hydrogens (tertiary/aromatic N) is 2. The molecule has 2 amide bonds. The van der Waals surface area contributed by atoms with Crippen LogP contribution >= 0.6 is 0 Å². The Morgan fingerprint density at radius 2 is 1.96 bits per heavy atom. The number of carbonyl (C=O) groups is 3. The van der Waals surface area contributed by atoms with Crippen LogP contribution in [0.3, 0.4) is 0 Å². The zero-order valence-corrected chi connectivity index (χ0v) is 14.5. The fraction of sp³-hybridized carbons (Fsp3) is 0.526. The maximum absolute atomic E-state index is 13.0. The summed E-state index contributed by atoms with van der Waals surface area (Å²) in [6.45, 7) is 1.06. The molecule has 0 aliphatic carbocycles. The van der Waals surface area contributed by atoms with Gasteiger partial charge >= 0.3 is 5.97 Å². The maximum atomic E-state index is 13.0. The highest BCUT2D eigenvalue weighted by molar-refractivity contribution is 6.00. The number of methoxy groups -OCH3 is 1. The van der Waals surface area contributed by atoms with Crippen molar-refractivity contribution >= 4 is 23.5 Å². The number of likely N-dealkylation sites (tertiary alicyclic amines) is 1. The van der Waals surface area contributed by atoms with Crippen molar-refractivity contribution in [1.29, 1.82) is 0 Å². The highest BCUT2D eigenvalue weighted by atomic mass is 16.5. The topological polar surface area (TPSA) is 66.9 Å². The van der Waals surface area contributed by atoms with E-state index in [1.54, 1.807) is 9.80 Å². The van der Waals surface area contributed by atoms with Crippen molar-refractivity contribution in [2.45, 2.75) is 38.1 Å². The third-order valence-corrected chi connectivity index (χ3v) is 5.08. The molecule has 2 heterocycles. The Morgan fingerprint density at radius 3 is 2.68 bits per heavy atom. The lowest BCUT2D eigenvalue weighted by Gasteiger charge is -2.36. The lowest BCUT2D eigenvalue weighted by atomic mass is 9.96. The molecule has 1 aromatic rings. The Hall–Kier alpha value is -2.37. The van der Waals surface area contributed by atoms with Gasteiger partial charge < -0.3 is 14.5 Å². The molecule has 25 heavy (non-hydrogen) atoms. The van der Waals surface area contributed by atoms with Crippen LogP contribution in [0.5, 0.6) is 0 Å². The molecule has 0 radical (unpaired) electrons. The second-order valence-corrected chi connectivity index (χ2v) is 6.70. The molecule has 6 nitrogen and oxygen atoms in total. The molecule has 0 saturated carbocycles. The quantitative estimate of drug-likeness (QED) is 0.784. The van der Waals surface area contributed by atoms with Crippen LogP contribution in [0.25, 0.3) is 0 Å². The minimum absolute atomic E-state index is 0.0135. The largest absolute Gasteiger partial charge is 0.469 e. The Bertz CT molecular complexity index is 646. The molecule has 6 heteroatoms. The number of ether oxygens (including phenoxy) is 1. The van der Waals surface area contributed by atoms with E-state index in [0.29, 0.717) is 13.1 Å². The maximum Gasteiger partial charge on any atom is 0.307 e. The summed E-state index contributed by atoms with van der Waals surface area (Å²) in [4.78, 5) is 40.5. The van der Waals surface area contributed by atoms with Gasteiger partial charge in [-0.3, -0.25) is 14.4 Å². The van der Waals surface area contributed by atoms with Crippen LogP contribution in [0.15, 0.2) is 30.3 Å². The van der Waals surface area contributed by atoms with Gasteiger partial charge in [0.15, 0.2) is 0 Å². The van der Waals surface area contributed by atoms with Gasteiger partial charge in [0.05, 0.1) is 19.4 Å². The molecule has 0 bridgehead atoms. The van der Waals surface area contributed by atoms with Crippen LogP contribution in [-0.4, -0.2) is 48.9 Å². The number of piperidine rings is 1. The van der Waals surface area contributed by atoms with Crippen LogP contribution in [0.2, 0.25) is 0 Å². The molecule has 134 valence electrons. The normalized spacial score (nSPS) is 23.6. The molecule has 0 spiro atoms. The van der Waals surface area contributed by atoms with Crippen LogP contribution in [0.1, 0.15) is 32.1 Å². The van der Waals surface area contributed by atoms with Crippen LogP contribution in [0.4, 0.5) is 5.69 Å². The lowest BCUT2D eigenvalue weighted by molar-refractivity contribution is -0.146. The van der Waals surface area contributed by atoms with Crippen molar-refractivity contribution < 1.29 is 19.1 Å². The predicted octanol–water partition coefficient (Wildman–Crippen LogP) is 1.98. The fourth-order valence-corrected chi connectivity index (χ4v) is 3.74. The summed E-state index contributed by atoms with van der Waals surface area (Å²) < 4.78 is 4.76. The van der Waals surface area contributed by atoms with Gasteiger partial charge in [0.25, 0.3) is 0 Å². The number of anilines is 1. The van der Waals surface area contributed by atoms with Crippen molar-refractivity contribution in [2.75, 3.05) is 25.1 Å². The molecule has 3 rings (SSSR count). The van der Waals surface area contributed by atoms with Crippen molar-refractivity contribution in [1.82, 2.24) is 4.90 Å². The number of benzene rings is 1. The van der Waals surface area contributed by atoms with E-state index in [1.165, 1.54) is 7.11 Å². The summed E-state index contributed by atoms with van der Waals surface area (Å²) >= 11 is 0. The zero-order chi connectivity index (χ0) is 17.8. The highest BCUT2D eigenvalue weighted by Gasteiger charge is 2.39. The van der Waals surface area contributed by atoms with Crippen molar-refractivity contribution in [3.8, 4) is 0 Å². The summed E-state index contributed by atoms with van der Waals surface area (Å²) in [5, 5.41) is 0. The molecular formula is C19H24N2O4. The lowest BCUT2D eigenvalue weighted by Crippen LogP contribution is -2.47. The third kappa shape index (κ3) is 3.83. The smallest absolute Gasteiger partial charge is 0.307 e. The van der Waals surface area contributed by atoms with E-state index in [9.17, 15) is 14.4 Å². The fourth-order valence-electron chi connectivity index (χ4n) is 3.74. The first-order valence-electron chi connectivity index (χ1n) is 8.83. The predicted molar refractivity (Wildman–Crippen MR) is 92.9 cm³/mol. The van der Waals surface area contributed by atoms with E-state index in [2.05, 4.69) is 0 Å². The standard InChI is InChI=1S/C19H24N2O4/c1-25-18(23)12-16-9-5-6-10-20(16)19(24)14-11-17(22)21(13-14)15-7-3-2-4-8-15/h2-4,7-8,14,16H,5-6,9-13H2,1H3/t14-,16-/m0/s1. The summed E-state index contributed by atoms with van der Waals surface area (Å²) in [5.41, 5.74) is 0.826. The molecule has 0 aromatic heterocycles. The summed E-state index contributed by atoms with van der Waals surface area (Å²) in [6.07, 6.45) is 3.21. The van der Waals surface area contributed by atoms with Crippen LogP contribution in [-0.2, 0) is 19.1 Å². The summed E-state index contributed by atoms with van der Waals surface area (Å²) in [6, 6.07) is 9.31. The molecule has 2 fully saturated rings. The third-order valence-electron chi connectivity index (χ3n) is 5.08. The number of amides is 2. The first kappa shape index (κ1) is 17.5. The van der Waals surface area contributed by atoms with Gasteiger partial charge in [-0.1, -0.05) is 18.2 Å². The molecule has 2 atom stereocenters. The van der Waals surface area contributed by atoms with Gasteiger partial charge in [-0.05, 0) is 31.4 Å². The van der Waals surface area contributed by atoms with Crippen LogP contribution in [0, 0.1) is 5.92 Å². The Morgan fingerprint density at radius 1 is 1.20 bits per heavy atom. The van der Waals surface area contributed by atoms with Crippen molar-refractivity contribution in [3.05, 3.63) is 30.3 Å². The first-order chi connectivity index (χ1) is 12.1. The van der Waals surface area contributed by atoms with Crippen molar-refractivity contribution in [3.63, 3.8) is 0 Å². The van der Waals surface area contributed by atoms with Gasteiger partial charge in [0, 0.05) is 31.2 Å². The van der Waals surface area contributed by atoms with E-state index >= 15 is 0 Å². The van der Waals surface area contributed by atoms with Crippen LogP contribution < -0.4 is 4.90 Å². The van der Waals surface area contributed by atoms with Crippen molar-refractivity contribution in [2.24, 2.45) is 5.92 Å². The van der Waals surface area contributed by atoms with Gasteiger partial charge in [-0.25, -0.2) is 0 Å². The number of hydrogen-bond donors (Lipinski definition) is 0. The minimum atomic E-state index is -0.342. The van der Waals surface area contributed by atoms with E-state index < -0.39 is 0 Å². The summed E-state index contributed by atoms with van der Waals surface area (Å²) in [5.74, 6) is -0.671. The SMILES string of the molecule is COC(=O)C[C@@H]1CCCCN1C(=O)[C@H]1CC(=O)N(c2ccccc2)C1. The van der Waals surface area contributed by atoms with E-state index in [1.807, 2.05) is 30.3 Å². The number of carbonyl (C=O) groups excluding carboxylic acids is 3. The number of esters is 1. The molecule has 2 saturated heterocycles. The number of rotatable bonds is 4. The Balaban J connectivity index is 1.69. The molecule has 2 aliphatic heterocycles. The highest BCUT2D eigenvalue weighted by Crippen LogP contribution is 2.29. The second-order valence-electron chi connectivity index (χ2n) is 6.70.